The van der Waals surface area contributed by atoms with Crippen LogP contribution in [0.2, 0.25) is 0 Å². The summed E-state index contributed by atoms with van der Waals surface area (Å²) >= 11 is 2.70. The van der Waals surface area contributed by atoms with Crippen molar-refractivity contribution in [3.8, 4) is 10.6 Å². The Hall–Kier alpha value is -2.12. The van der Waals surface area contributed by atoms with Crippen molar-refractivity contribution in [1.29, 1.82) is 0 Å². The van der Waals surface area contributed by atoms with E-state index in [0.717, 1.165) is 15.6 Å². The van der Waals surface area contributed by atoms with Crippen LogP contribution in [0.25, 0.3) is 10.6 Å². The molecular weight excluding hydrogens is 292 g/mol. The minimum Gasteiger partial charge on any atom is -0.296 e. The number of nitrogens with zero attached hydrogens (tertiary/aromatic N) is 3. The van der Waals surface area contributed by atoms with Crippen molar-refractivity contribution in [2.45, 2.75) is 6.92 Å². The van der Waals surface area contributed by atoms with Gasteiger partial charge in [-0.15, -0.1) is 21.5 Å². The standard InChI is InChI=1S/C13H10N4OS2/c1-8-16-17-13(19-8)15-11(18)10-7-14-12(20-10)9-5-3-2-4-6-9/h2-7H,1H3,(H,15,17,18). The Kier molecular flexibility index (Phi) is 3.53. The smallest absolute Gasteiger partial charge is 0.269 e. The number of thiazole rings is 1. The fourth-order valence-electron chi connectivity index (χ4n) is 1.60. The Morgan fingerprint density at radius 2 is 1.95 bits per heavy atom. The lowest BCUT2D eigenvalue weighted by Gasteiger charge is -1.96. The van der Waals surface area contributed by atoms with Gasteiger partial charge in [-0.05, 0) is 6.92 Å². The predicted octanol–water partition coefficient (Wildman–Crippen LogP) is 3.22. The van der Waals surface area contributed by atoms with Gasteiger partial charge in [0.2, 0.25) is 5.13 Å². The van der Waals surface area contributed by atoms with Crippen LogP contribution in [0.3, 0.4) is 0 Å². The number of rotatable bonds is 3. The van der Waals surface area contributed by atoms with Crippen LogP contribution in [0.5, 0.6) is 0 Å². The molecule has 0 aliphatic heterocycles. The van der Waals surface area contributed by atoms with Crippen molar-refractivity contribution in [1.82, 2.24) is 15.2 Å². The Morgan fingerprint density at radius 3 is 2.65 bits per heavy atom. The summed E-state index contributed by atoms with van der Waals surface area (Å²) in [5.74, 6) is -0.208. The minimum absolute atomic E-state index is 0.208. The fraction of sp³-hybridized carbons (Fsp3) is 0.0769. The van der Waals surface area contributed by atoms with Crippen LogP contribution in [0.15, 0.2) is 36.5 Å². The zero-order valence-corrected chi connectivity index (χ0v) is 12.2. The number of benzene rings is 1. The molecule has 0 bridgehead atoms. The van der Waals surface area contributed by atoms with Crippen molar-refractivity contribution in [2.75, 3.05) is 5.32 Å². The summed E-state index contributed by atoms with van der Waals surface area (Å²) in [6.07, 6.45) is 1.58. The van der Waals surface area contributed by atoms with Gasteiger partial charge < -0.3 is 0 Å². The van der Waals surface area contributed by atoms with E-state index in [4.69, 9.17) is 0 Å². The second-order valence-electron chi connectivity index (χ2n) is 3.98. The average molecular weight is 302 g/mol. The third-order valence-electron chi connectivity index (χ3n) is 2.50. The third kappa shape index (κ3) is 2.73. The SMILES string of the molecule is Cc1nnc(NC(=O)c2cnc(-c3ccccc3)s2)s1. The normalized spacial score (nSPS) is 10.4. The number of hydrogen-bond donors (Lipinski definition) is 1. The zero-order chi connectivity index (χ0) is 13.9. The molecule has 2 heterocycles. The second-order valence-corrected chi connectivity index (χ2v) is 6.19. The summed E-state index contributed by atoms with van der Waals surface area (Å²) in [7, 11) is 0. The van der Waals surface area contributed by atoms with Gasteiger partial charge in [0.15, 0.2) is 0 Å². The molecule has 100 valence electrons. The van der Waals surface area contributed by atoms with Crippen LogP contribution < -0.4 is 5.32 Å². The molecule has 5 nitrogen and oxygen atoms in total. The van der Waals surface area contributed by atoms with E-state index in [9.17, 15) is 4.79 Å². The summed E-state index contributed by atoms with van der Waals surface area (Å²) in [6.45, 7) is 1.84. The first kappa shape index (κ1) is 12.9. The van der Waals surface area contributed by atoms with Gasteiger partial charge in [0.25, 0.3) is 5.91 Å². The number of nitrogens with one attached hydrogen (secondary N) is 1. The van der Waals surface area contributed by atoms with Crippen LogP contribution in [-0.4, -0.2) is 21.1 Å². The minimum atomic E-state index is -0.208. The molecule has 0 unspecified atom stereocenters. The molecule has 20 heavy (non-hydrogen) atoms. The Morgan fingerprint density at radius 1 is 1.15 bits per heavy atom. The summed E-state index contributed by atoms with van der Waals surface area (Å²) in [5, 5.41) is 12.6. The molecule has 0 aliphatic carbocycles. The molecule has 2 aromatic heterocycles. The zero-order valence-electron chi connectivity index (χ0n) is 10.5. The lowest BCUT2D eigenvalue weighted by atomic mass is 10.2. The van der Waals surface area contributed by atoms with Gasteiger partial charge in [-0.3, -0.25) is 10.1 Å². The van der Waals surface area contributed by atoms with Crippen molar-refractivity contribution in [3.63, 3.8) is 0 Å². The van der Waals surface area contributed by atoms with Gasteiger partial charge in [-0.2, -0.15) is 0 Å². The Bertz CT molecular complexity index is 736. The monoisotopic (exact) mass is 302 g/mol. The van der Waals surface area contributed by atoms with E-state index in [2.05, 4.69) is 20.5 Å². The van der Waals surface area contributed by atoms with Crippen molar-refractivity contribution in [3.05, 3.63) is 46.4 Å². The molecule has 3 rings (SSSR count). The molecule has 1 amide bonds. The molecule has 3 aromatic rings. The number of aryl methyl sites for hydroxylation is 1. The number of aromatic nitrogens is 3. The highest BCUT2D eigenvalue weighted by Crippen LogP contribution is 2.25. The first-order chi connectivity index (χ1) is 9.72. The quantitative estimate of drug-likeness (QED) is 0.806. The molecule has 0 fully saturated rings. The summed E-state index contributed by atoms with van der Waals surface area (Å²) in [6, 6.07) is 9.77. The topological polar surface area (TPSA) is 67.8 Å². The maximum absolute atomic E-state index is 12.1. The van der Waals surface area contributed by atoms with E-state index in [1.165, 1.54) is 22.7 Å². The molecule has 0 radical (unpaired) electrons. The van der Waals surface area contributed by atoms with Gasteiger partial charge in [0.1, 0.15) is 14.9 Å². The highest BCUT2D eigenvalue weighted by molar-refractivity contribution is 7.17. The van der Waals surface area contributed by atoms with E-state index in [1.54, 1.807) is 6.20 Å². The van der Waals surface area contributed by atoms with Crippen molar-refractivity contribution >= 4 is 33.7 Å². The maximum Gasteiger partial charge on any atom is 0.269 e. The summed E-state index contributed by atoms with van der Waals surface area (Å²) < 4.78 is 0. The highest BCUT2D eigenvalue weighted by Gasteiger charge is 2.13. The molecule has 1 N–H and O–H groups in total. The Balaban J connectivity index is 1.78. The first-order valence-electron chi connectivity index (χ1n) is 5.85. The van der Waals surface area contributed by atoms with Gasteiger partial charge in [0.05, 0.1) is 6.20 Å². The fourth-order valence-corrected chi connectivity index (χ4v) is 3.00. The lowest BCUT2D eigenvalue weighted by molar-refractivity contribution is 0.103. The van der Waals surface area contributed by atoms with Gasteiger partial charge >= 0.3 is 0 Å². The van der Waals surface area contributed by atoms with Crippen LogP contribution in [0, 0.1) is 6.92 Å². The van der Waals surface area contributed by atoms with E-state index < -0.39 is 0 Å². The van der Waals surface area contributed by atoms with Crippen molar-refractivity contribution < 1.29 is 4.79 Å². The largest absolute Gasteiger partial charge is 0.296 e. The molecule has 0 aliphatic rings. The number of carbonyl (C=O) groups is 1. The molecule has 0 saturated heterocycles. The maximum atomic E-state index is 12.1. The molecule has 0 spiro atoms. The molecule has 1 aromatic carbocycles. The van der Waals surface area contributed by atoms with E-state index in [1.807, 2.05) is 37.3 Å². The van der Waals surface area contributed by atoms with E-state index in [-0.39, 0.29) is 5.91 Å². The third-order valence-corrected chi connectivity index (χ3v) is 4.30. The van der Waals surface area contributed by atoms with Gasteiger partial charge in [-0.1, -0.05) is 41.7 Å². The van der Waals surface area contributed by atoms with E-state index >= 15 is 0 Å². The van der Waals surface area contributed by atoms with Crippen LogP contribution >= 0.6 is 22.7 Å². The first-order valence-corrected chi connectivity index (χ1v) is 7.48. The highest BCUT2D eigenvalue weighted by atomic mass is 32.1. The summed E-state index contributed by atoms with van der Waals surface area (Å²) in [4.78, 5) is 16.9. The number of carbonyl (C=O) groups excluding carboxylic acids is 1. The molecule has 7 heteroatoms. The van der Waals surface area contributed by atoms with Gasteiger partial charge in [0, 0.05) is 5.56 Å². The van der Waals surface area contributed by atoms with Gasteiger partial charge in [-0.25, -0.2) is 4.98 Å². The lowest BCUT2D eigenvalue weighted by Crippen LogP contribution is -2.09. The average Bonchev–Trinajstić information content (AvgIpc) is 3.09. The van der Waals surface area contributed by atoms with Crippen LogP contribution in [-0.2, 0) is 0 Å². The molecule has 0 saturated carbocycles. The predicted molar refractivity (Wildman–Crippen MR) is 80.1 cm³/mol. The second kappa shape index (κ2) is 5.48. The summed E-state index contributed by atoms with van der Waals surface area (Å²) in [5.41, 5.74) is 1.00. The van der Waals surface area contributed by atoms with Crippen molar-refractivity contribution in [2.24, 2.45) is 0 Å². The number of anilines is 1. The number of hydrogen-bond acceptors (Lipinski definition) is 6. The van der Waals surface area contributed by atoms with Crippen LogP contribution in [0.1, 0.15) is 14.7 Å². The van der Waals surface area contributed by atoms with Crippen LogP contribution in [0.4, 0.5) is 5.13 Å². The molecule has 0 atom stereocenters. The van der Waals surface area contributed by atoms with E-state index in [0.29, 0.717) is 10.0 Å². The Labute approximate surface area is 123 Å². The molecular formula is C13H10N4OS2. The number of amides is 1.